The Hall–Kier alpha value is -0.990. The highest BCUT2D eigenvalue weighted by Crippen LogP contribution is 2.51. The molecule has 4 atom stereocenters. The summed E-state index contributed by atoms with van der Waals surface area (Å²) >= 11 is 7.40. The van der Waals surface area contributed by atoms with Crippen LogP contribution in [0.25, 0.3) is 0 Å². The zero-order valence-corrected chi connectivity index (χ0v) is 14.3. The number of rotatable bonds is 1. The molecule has 2 N–H and O–H groups in total. The maximum Gasteiger partial charge on any atom is 0.106 e. The van der Waals surface area contributed by atoms with E-state index in [2.05, 4.69) is 15.6 Å². The topological polar surface area (TPSA) is 72.2 Å². The molecule has 2 aromatic heterocycles. The van der Waals surface area contributed by atoms with Gasteiger partial charge in [0.15, 0.2) is 0 Å². The molecule has 1 saturated heterocycles. The van der Waals surface area contributed by atoms with Gasteiger partial charge in [-0.05, 0) is 19.4 Å². The lowest BCUT2D eigenvalue weighted by Gasteiger charge is -2.46. The van der Waals surface area contributed by atoms with Gasteiger partial charge in [0.2, 0.25) is 0 Å². The van der Waals surface area contributed by atoms with Crippen molar-refractivity contribution in [2.24, 2.45) is 7.05 Å². The first-order valence-corrected chi connectivity index (χ1v) is 8.59. The lowest BCUT2D eigenvalue weighted by Crippen LogP contribution is -2.50. The molecular weight excluding hydrogens is 336 g/mol. The predicted molar refractivity (Wildman–Crippen MR) is 87.5 cm³/mol. The second-order valence-corrected chi connectivity index (χ2v) is 7.87. The van der Waals surface area contributed by atoms with E-state index in [0.29, 0.717) is 22.1 Å². The minimum atomic E-state index is -2.58. The van der Waals surface area contributed by atoms with Gasteiger partial charge in [0.05, 0.1) is 26.7 Å². The molecule has 2 aromatic rings. The van der Waals surface area contributed by atoms with Gasteiger partial charge < -0.3 is 15.2 Å². The molecule has 2 aliphatic rings. The Morgan fingerprint density at radius 3 is 3.22 bits per heavy atom. The normalized spacial score (nSPS) is 41.1. The summed E-state index contributed by atoms with van der Waals surface area (Å²) in [6, 6.07) is 1.27. The Bertz CT molecular complexity index is 858. The quantitative estimate of drug-likeness (QED) is 0.819. The third-order valence-corrected chi connectivity index (χ3v) is 5.80. The average Bonchev–Trinajstić information content (AvgIpc) is 3.11. The van der Waals surface area contributed by atoms with E-state index in [4.69, 9.17) is 20.5 Å². The molecule has 1 spiro atoms. The average molecular weight is 358 g/mol. The van der Waals surface area contributed by atoms with Crippen LogP contribution in [0.15, 0.2) is 12.3 Å². The number of nitrogens with one attached hydrogen (secondary N) is 1. The maximum absolute atomic E-state index is 10.5. The lowest BCUT2D eigenvalue weighted by atomic mass is 9.79. The summed E-state index contributed by atoms with van der Waals surface area (Å²) in [6.07, 6.45) is 0.177. The first-order chi connectivity index (χ1) is 12.0. The molecule has 8 heteroatoms. The summed E-state index contributed by atoms with van der Waals surface area (Å²) in [5, 5.41) is 22.1. The maximum atomic E-state index is 10.5. The van der Waals surface area contributed by atoms with Crippen LogP contribution in [0.1, 0.15) is 52.1 Å². The van der Waals surface area contributed by atoms with E-state index in [1.54, 1.807) is 11.7 Å². The third kappa shape index (κ3) is 2.60. The summed E-state index contributed by atoms with van der Waals surface area (Å²) < 4.78 is 32.4. The number of nitrogens with zero attached hydrogens (tertiary/aromatic N) is 3. The summed E-state index contributed by atoms with van der Waals surface area (Å²) in [7, 11) is 1.78. The summed E-state index contributed by atoms with van der Waals surface area (Å²) in [5.41, 5.74) is -0.0919. The zero-order chi connectivity index (χ0) is 18.9. The molecule has 0 aromatic carbocycles. The largest absolute Gasteiger partial charge is 0.386 e. The summed E-state index contributed by atoms with van der Waals surface area (Å²) in [4.78, 5) is 0.609. The van der Waals surface area contributed by atoms with E-state index in [-0.39, 0.29) is 17.6 Å². The van der Waals surface area contributed by atoms with E-state index < -0.39 is 18.2 Å². The van der Waals surface area contributed by atoms with Crippen molar-refractivity contribution < 1.29 is 14.0 Å². The Balaban J connectivity index is 1.83. The molecule has 6 nitrogen and oxygen atoms in total. The van der Waals surface area contributed by atoms with Gasteiger partial charge in [0, 0.05) is 36.1 Å². The van der Waals surface area contributed by atoms with Crippen molar-refractivity contribution in [2.45, 2.75) is 43.5 Å². The Kier molecular flexibility index (Phi) is 2.98. The van der Waals surface area contributed by atoms with Gasteiger partial charge in [-0.2, -0.15) is 0 Å². The van der Waals surface area contributed by atoms with E-state index >= 15 is 0 Å². The fourth-order valence-electron chi connectivity index (χ4n) is 3.48. The van der Waals surface area contributed by atoms with Crippen LogP contribution in [-0.2, 0) is 17.4 Å². The van der Waals surface area contributed by atoms with Crippen LogP contribution in [-0.4, -0.2) is 32.7 Å². The summed E-state index contributed by atoms with van der Waals surface area (Å²) in [5.74, 6) is 0. The van der Waals surface area contributed by atoms with E-state index in [1.165, 1.54) is 17.4 Å². The van der Waals surface area contributed by atoms with Crippen molar-refractivity contribution in [3.63, 3.8) is 0 Å². The molecule has 0 aliphatic carbocycles. The molecule has 0 bridgehead atoms. The van der Waals surface area contributed by atoms with Crippen molar-refractivity contribution in [1.82, 2.24) is 20.3 Å². The van der Waals surface area contributed by atoms with E-state index in [9.17, 15) is 5.11 Å². The molecule has 23 heavy (non-hydrogen) atoms. The van der Waals surface area contributed by atoms with Crippen molar-refractivity contribution in [1.29, 1.82) is 0 Å². The standard InChI is InChI=1S/C15H19ClN4O2S/c1-8-4-15(5-10(17-8)11-6-20(2)19-18-11)14-9(3-13(16)23-14)12(21)7-22-15/h3,6,8,10,12,17,21H,4-5,7H2,1-2H3/t8-,10-,12+,15-/m0/s1/i7D2,12D. The number of thiophene rings is 1. The van der Waals surface area contributed by atoms with Crippen LogP contribution in [0.2, 0.25) is 4.34 Å². The Labute approximate surface area is 147 Å². The Morgan fingerprint density at radius 1 is 1.65 bits per heavy atom. The number of hydrogen-bond donors (Lipinski definition) is 2. The first-order valence-electron chi connectivity index (χ1n) is 8.89. The molecule has 0 amide bonds. The van der Waals surface area contributed by atoms with E-state index in [0.717, 1.165) is 5.69 Å². The zero-order valence-electron chi connectivity index (χ0n) is 15.7. The number of fused-ring (bicyclic) bond motifs is 2. The molecule has 0 unspecified atom stereocenters. The monoisotopic (exact) mass is 357 g/mol. The number of aromatic nitrogens is 3. The van der Waals surface area contributed by atoms with Crippen molar-refractivity contribution in [2.75, 3.05) is 6.56 Å². The van der Waals surface area contributed by atoms with Crippen LogP contribution in [0.5, 0.6) is 0 Å². The van der Waals surface area contributed by atoms with Crippen LogP contribution < -0.4 is 5.32 Å². The second kappa shape index (κ2) is 5.53. The molecular formula is C15H19ClN4O2S. The van der Waals surface area contributed by atoms with E-state index in [1.807, 2.05) is 13.1 Å². The number of aryl methyl sites for hydroxylation is 1. The molecule has 4 rings (SSSR count). The van der Waals surface area contributed by atoms with Crippen LogP contribution in [0.4, 0.5) is 0 Å². The number of piperidine rings is 1. The van der Waals surface area contributed by atoms with Crippen LogP contribution in [0, 0.1) is 0 Å². The molecule has 0 saturated carbocycles. The molecule has 4 heterocycles. The van der Waals surface area contributed by atoms with Gasteiger partial charge in [0.1, 0.15) is 11.7 Å². The number of ether oxygens (including phenoxy) is 1. The van der Waals surface area contributed by atoms with Crippen molar-refractivity contribution in [3.05, 3.63) is 32.7 Å². The van der Waals surface area contributed by atoms with Gasteiger partial charge in [-0.3, -0.25) is 4.68 Å². The van der Waals surface area contributed by atoms with Gasteiger partial charge in [-0.1, -0.05) is 16.8 Å². The number of hydrogen-bond acceptors (Lipinski definition) is 6. The van der Waals surface area contributed by atoms with Crippen molar-refractivity contribution in [3.8, 4) is 0 Å². The first kappa shape index (κ1) is 12.4. The number of aliphatic hydroxyl groups is 1. The van der Waals surface area contributed by atoms with Crippen molar-refractivity contribution >= 4 is 22.9 Å². The Morgan fingerprint density at radius 2 is 2.48 bits per heavy atom. The van der Waals surface area contributed by atoms with Gasteiger partial charge in [-0.25, -0.2) is 0 Å². The molecule has 1 fully saturated rings. The minimum Gasteiger partial charge on any atom is -0.386 e. The highest BCUT2D eigenvalue weighted by molar-refractivity contribution is 7.16. The van der Waals surface area contributed by atoms with Crippen LogP contribution >= 0.6 is 22.9 Å². The minimum absolute atomic E-state index is 0.00259. The smallest absolute Gasteiger partial charge is 0.106 e. The highest BCUT2D eigenvalue weighted by Gasteiger charge is 2.48. The molecule has 0 radical (unpaired) electrons. The van der Waals surface area contributed by atoms with Crippen LogP contribution in [0.3, 0.4) is 0 Å². The third-order valence-electron chi connectivity index (χ3n) is 4.35. The second-order valence-electron chi connectivity index (χ2n) is 6.19. The van der Waals surface area contributed by atoms with Gasteiger partial charge >= 0.3 is 0 Å². The molecule has 2 aliphatic heterocycles. The fraction of sp³-hybridized carbons (Fsp3) is 0.600. The van der Waals surface area contributed by atoms with Gasteiger partial charge in [-0.15, -0.1) is 16.4 Å². The summed E-state index contributed by atoms with van der Waals surface area (Å²) in [6.45, 7) is -0.589. The highest BCUT2D eigenvalue weighted by atomic mass is 35.5. The van der Waals surface area contributed by atoms with Gasteiger partial charge in [0.25, 0.3) is 0 Å². The predicted octanol–water partition coefficient (Wildman–Crippen LogP) is 2.30. The SMILES string of the molecule is [2H]C1([2H])O[C@@]2(C[C@@H](c3cn(C)nn3)N[C@@H](C)C2)c2sc(Cl)cc2[C@]1([2H])O. The number of halogens is 1. The lowest BCUT2D eigenvalue weighted by molar-refractivity contribution is -0.129. The fourth-order valence-corrected chi connectivity index (χ4v) is 4.85. The molecule has 124 valence electrons.